The van der Waals surface area contributed by atoms with Crippen LogP contribution in [0.5, 0.6) is 5.75 Å². The van der Waals surface area contributed by atoms with Crippen molar-refractivity contribution < 1.29 is 9.53 Å². The van der Waals surface area contributed by atoms with Crippen molar-refractivity contribution in [2.24, 2.45) is 5.92 Å². The highest BCUT2D eigenvalue weighted by Gasteiger charge is 2.09. The molecular weight excluding hydrogens is 270 g/mol. The molecule has 1 N–H and O–H groups in total. The summed E-state index contributed by atoms with van der Waals surface area (Å²) < 4.78 is 5.56. The maximum Gasteiger partial charge on any atom is 0.270 e. The van der Waals surface area contributed by atoms with Gasteiger partial charge in [0.15, 0.2) is 0 Å². The molecule has 0 spiro atoms. The lowest BCUT2D eigenvalue weighted by Crippen LogP contribution is -2.13. The SMILES string of the molecule is C=Cn1nnc(NC(=O)c2ccc(OCC(C)C)cc2)n1. The van der Waals surface area contributed by atoms with Crippen LogP contribution in [0.2, 0.25) is 0 Å². The molecule has 0 aliphatic carbocycles. The molecule has 2 aromatic rings. The maximum atomic E-state index is 12.0. The van der Waals surface area contributed by atoms with Gasteiger partial charge < -0.3 is 4.74 Å². The van der Waals surface area contributed by atoms with Gasteiger partial charge in [0.25, 0.3) is 11.9 Å². The van der Waals surface area contributed by atoms with Crippen LogP contribution in [0.15, 0.2) is 30.8 Å². The number of carbonyl (C=O) groups excluding carboxylic acids is 1. The molecule has 0 bridgehead atoms. The van der Waals surface area contributed by atoms with E-state index < -0.39 is 0 Å². The molecule has 7 heteroatoms. The molecule has 0 fully saturated rings. The summed E-state index contributed by atoms with van der Waals surface area (Å²) >= 11 is 0. The van der Waals surface area contributed by atoms with Gasteiger partial charge in [-0.05, 0) is 35.4 Å². The van der Waals surface area contributed by atoms with E-state index >= 15 is 0 Å². The topological polar surface area (TPSA) is 81.9 Å². The lowest BCUT2D eigenvalue weighted by atomic mass is 10.2. The number of nitrogens with one attached hydrogen (secondary N) is 1. The molecule has 0 saturated heterocycles. The monoisotopic (exact) mass is 287 g/mol. The van der Waals surface area contributed by atoms with Crippen molar-refractivity contribution in [1.82, 2.24) is 20.2 Å². The highest BCUT2D eigenvalue weighted by molar-refractivity contribution is 6.03. The Kier molecular flexibility index (Phi) is 4.65. The lowest BCUT2D eigenvalue weighted by Gasteiger charge is -2.08. The summed E-state index contributed by atoms with van der Waals surface area (Å²) in [5.74, 6) is 0.997. The number of rotatable bonds is 6. The number of hydrogen-bond acceptors (Lipinski definition) is 5. The van der Waals surface area contributed by atoms with Gasteiger partial charge in [-0.3, -0.25) is 10.1 Å². The van der Waals surface area contributed by atoms with E-state index in [0.717, 1.165) is 5.75 Å². The van der Waals surface area contributed by atoms with E-state index in [-0.39, 0.29) is 11.9 Å². The van der Waals surface area contributed by atoms with Crippen molar-refractivity contribution in [2.45, 2.75) is 13.8 Å². The average molecular weight is 287 g/mol. The first-order chi connectivity index (χ1) is 10.1. The fraction of sp³-hybridized carbons (Fsp3) is 0.286. The molecule has 1 heterocycles. The van der Waals surface area contributed by atoms with Gasteiger partial charge in [-0.25, -0.2) is 0 Å². The zero-order chi connectivity index (χ0) is 15.2. The largest absolute Gasteiger partial charge is 0.493 e. The minimum Gasteiger partial charge on any atom is -0.493 e. The van der Waals surface area contributed by atoms with Gasteiger partial charge in [-0.15, -0.1) is 9.90 Å². The van der Waals surface area contributed by atoms with E-state index in [1.54, 1.807) is 24.3 Å². The zero-order valence-electron chi connectivity index (χ0n) is 12.0. The van der Waals surface area contributed by atoms with Gasteiger partial charge in [0.1, 0.15) is 5.75 Å². The summed E-state index contributed by atoms with van der Waals surface area (Å²) in [6, 6.07) is 6.88. The minimum absolute atomic E-state index is 0.125. The second kappa shape index (κ2) is 6.65. The standard InChI is InChI=1S/C14H17N5O2/c1-4-19-17-14(16-18-19)15-13(20)11-5-7-12(8-6-11)21-9-10(2)3/h4-8,10H,1,9H2,2-3H3,(H,15,17,20). The van der Waals surface area contributed by atoms with Gasteiger partial charge in [-0.1, -0.05) is 25.5 Å². The average Bonchev–Trinajstić information content (AvgIpc) is 2.93. The Morgan fingerprint density at radius 2 is 2.14 bits per heavy atom. The van der Waals surface area contributed by atoms with Crippen LogP contribution in [-0.2, 0) is 0 Å². The smallest absolute Gasteiger partial charge is 0.270 e. The first-order valence-electron chi connectivity index (χ1n) is 6.54. The third kappa shape index (κ3) is 4.13. The highest BCUT2D eigenvalue weighted by atomic mass is 16.5. The number of benzene rings is 1. The second-order valence-corrected chi connectivity index (χ2v) is 4.80. The molecule has 0 radical (unpaired) electrons. The Balaban J connectivity index is 1.97. The number of aromatic nitrogens is 4. The Bertz CT molecular complexity index is 619. The molecule has 1 aromatic heterocycles. The van der Waals surface area contributed by atoms with Crippen LogP contribution in [0.25, 0.3) is 6.20 Å². The number of anilines is 1. The molecule has 1 aromatic carbocycles. The van der Waals surface area contributed by atoms with Gasteiger partial charge in [0.2, 0.25) is 0 Å². The van der Waals surface area contributed by atoms with Crippen LogP contribution < -0.4 is 10.1 Å². The summed E-state index contributed by atoms with van der Waals surface area (Å²) in [6.45, 7) is 8.28. The summed E-state index contributed by atoms with van der Waals surface area (Å²) in [4.78, 5) is 13.2. The van der Waals surface area contributed by atoms with Crippen LogP contribution >= 0.6 is 0 Å². The fourth-order valence-electron chi connectivity index (χ4n) is 1.49. The van der Waals surface area contributed by atoms with Gasteiger partial charge in [-0.2, -0.15) is 0 Å². The Morgan fingerprint density at radius 3 is 2.71 bits per heavy atom. The third-order valence-electron chi connectivity index (χ3n) is 2.52. The number of carbonyl (C=O) groups is 1. The van der Waals surface area contributed by atoms with E-state index in [1.807, 2.05) is 0 Å². The molecular formula is C14H17N5O2. The molecule has 2 rings (SSSR count). The van der Waals surface area contributed by atoms with E-state index in [2.05, 4.69) is 41.2 Å². The molecule has 1 amide bonds. The van der Waals surface area contributed by atoms with Crippen molar-refractivity contribution in [3.63, 3.8) is 0 Å². The minimum atomic E-state index is -0.311. The van der Waals surface area contributed by atoms with Gasteiger partial charge in [0, 0.05) is 11.8 Å². The summed E-state index contributed by atoms with van der Waals surface area (Å²) in [5, 5.41) is 13.8. The van der Waals surface area contributed by atoms with E-state index in [4.69, 9.17) is 4.74 Å². The predicted octanol–water partition coefficient (Wildman–Crippen LogP) is 2.06. The van der Waals surface area contributed by atoms with Crippen LogP contribution in [-0.4, -0.2) is 32.7 Å². The molecule has 0 aliphatic heterocycles. The first kappa shape index (κ1) is 14.7. The van der Waals surface area contributed by atoms with E-state index in [9.17, 15) is 4.79 Å². The van der Waals surface area contributed by atoms with Crippen molar-refractivity contribution in [2.75, 3.05) is 11.9 Å². The molecule has 110 valence electrons. The normalized spacial score (nSPS) is 10.4. The molecule has 0 unspecified atom stereocenters. The summed E-state index contributed by atoms with van der Waals surface area (Å²) in [5.41, 5.74) is 0.488. The zero-order valence-corrected chi connectivity index (χ0v) is 12.0. The molecule has 0 aliphatic rings. The van der Waals surface area contributed by atoms with Gasteiger partial charge in [0.05, 0.1) is 6.61 Å². The third-order valence-corrected chi connectivity index (χ3v) is 2.52. The number of nitrogens with zero attached hydrogens (tertiary/aromatic N) is 4. The molecule has 0 atom stereocenters. The fourth-order valence-corrected chi connectivity index (χ4v) is 1.49. The number of hydrogen-bond donors (Lipinski definition) is 1. The first-order valence-corrected chi connectivity index (χ1v) is 6.54. The summed E-state index contributed by atoms with van der Waals surface area (Å²) in [7, 11) is 0. The highest BCUT2D eigenvalue weighted by Crippen LogP contribution is 2.14. The van der Waals surface area contributed by atoms with Gasteiger partial charge >= 0.3 is 0 Å². The Hall–Kier alpha value is -2.70. The number of tetrazole rings is 1. The van der Waals surface area contributed by atoms with E-state index in [1.165, 1.54) is 11.0 Å². The second-order valence-electron chi connectivity index (χ2n) is 4.80. The van der Waals surface area contributed by atoms with Crippen LogP contribution in [0.4, 0.5) is 5.95 Å². The van der Waals surface area contributed by atoms with Crippen LogP contribution in [0.3, 0.4) is 0 Å². The molecule has 21 heavy (non-hydrogen) atoms. The molecule has 0 saturated carbocycles. The van der Waals surface area contributed by atoms with Crippen LogP contribution in [0, 0.1) is 5.92 Å². The van der Waals surface area contributed by atoms with Crippen molar-refractivity contribution in [3.8, 4) is 5.75 Å². The molecule has 7 nitrogen and oxygen atoms in total. The lowest BCUT2D eigenvalue weighted by molar-refractivity contribution is 0.102. The quantitative estimate of drug-likeness (QED) is 0.879. The Morgan fingerprint density at radius 1 is 1.43 bits per heavy atom. The van der Waals surface area contributed by atoms with Crippen molar-refractivity contribution in [3.05, 3.63) is 36.4 Å². The number of amides is 1. The number of ether oxygens (including phenoxy) is 1. The van der Waals surface area contributed by atoms with E-state index in [0.29, 0.717) is 18.1 Å². The summed E-state index contributed by atoms with van der Waals surface area (Å²) in [6.07, 6.45) is 1.38. The Labute approximate surface area is 122 Å². The van der Waals surface area contributed by atoms with Crippen molar-refractivity contribution >= 4 is 18.1 Å². The predicted molar refractivity (Wildman–Crippen MR) is 78.9 cm³/mol. The van der Waals surface area contributed by atoms with Crippen LogP contribution in [0.1, 0.15) is 24.2 Å². The maximum absolute atomic E-state index is 12.0. The van der Waals surface area contributed by atoms with Crippen molar-refractivity contribution in [1.29, 1.82) is 0 Å².